The van der Waals surface area contributed by atoms with Crippen LogP contribution in [0.15, 0.2) is 59.2 Å². The Morgan fingerprint density at radius 1 is 1.27 bits per heavy atom. The van der Waals surface area contributed by atoms with E-state index in [0.717, 1.165) is 18.5 Å². The van der Waals surface area contributed by atoms with E-state index in [-0.39, 0.29) is 24.4 Å². The van der Waals surface area contributed by atoms with Gasteiger partial charge in [0.25, 0.3) is 5.91 Å². The van der Waals surface area contributed by atoms with Crippen molar-refractivity contribution in [1.82, 2.24) is 15.1 Å². The van der Waals surface area contributed by atoms with E-state index in [1.165, 1.54) is 0 Å². The number of carbonyl (C=O) groups is 1. The van der Waals surface area contributed by atoms with Crippen LogP contribution in [0.3, 0.4) is 0 Å². The van der Waals surface area contributed by atoms with Crippen LogP contribution < -0.4 is 11.1 Å². The second-order valence-electron chi connectivity index (χ2n) is 6.35. The molecule has 4 rings (SSSR count). The topological polar surface area (TPSA) is 86.1 Å². The number of nitrogens with zero attached hydrogens (tertiary/aromatic N) is 2. The minimum Gasteiger partial charge on any atom is -0.463 e. The molecule has 6 nitrogen and oxygen atoms in total. The van der Waals surface area contributed by atoms with E-state index >= 15 is 0 Å². The van der Waals surface area contributed by atoms with Crippen molar-refractivity contribution >= 4 is 18.3 Å². The maximum Gasteiger partial charge on any atom is 0.270 e. The van der Waals surface area contributed by atoms with Gasteiger partial charge in [-0.1, -0.05) is 18.2 Å². The number of hydrogen-bond acceptors (Lipinski definition) is 4. The van der Waals surface area contributed by atoms with E-state index in [9.17, 15) is 4.79 Å². The van der Waals surface area contributed by atoms with Gasteiger partial charge in [-0.25, -0.2) is 4.68 Å². The van der Waals surface area contributed by atoms with Gasteiger partial charge in [0.05, 0.1) is 12.0 Å². The average Bonchev–Trinajstić information content (AvgIpc) is 3.18. The zero-order chi connectivity index (χ0) is 17.2. The van der Waals surface area contributed by atoms with Gasteiger partial charge >= 0.3 is 0 Å². The summed E-state index contributed by atoms with van der Waals surface area (Å²) in [6.45, 7) is 0.472. The zero-order valence-corrected chi connectivity index (χ0v) is 15.0. The summed E-state index contributed by atoms with van der Waals surface area (Å²) in [5.74, 6) is 0.974. The highest BCUT2D eigenvalue weighted by Gasteiger charge is 2.29. The quantitative estimate of drug-likeness (QED) is 0.696. The molecule has 136 valence electrons. The molecule has 1 saturated carbocycles. The maximum atomic E-state index is 12.7. The normalized spacial score (nSPS) is 14.5. The van der Waals surface area contributed by atoms with Crippen LogP contribution in [0.5, 0.6) is 0 Å². The van der Waals surface area contributed by atoms with Crippen LogP contribution in [-0.2, 0) is 0 Å². The lowest BCUT2D eigenvalue weighted by Gasteiger charge is -2.12. The fraction of sp³-hybridized carbons (Fsp3) is 0.263. The smallest absolute Gasteiger partial charge is 0.270 e. The number of halogens is 1. The summed E-state index contributed by atoms with van der Waals surface area (Å²) in [6.07, 6.45) is 3.90. The summed E-state index contributed by atoms with van der Waals surface area (Å²) in [6, 6.07) is 14.9. The van der Waals surface area contributed by atoms with Crippen molar-refractivity contribution in [2.75, 3.05) is 6.54 Å². The molecule has 2 aromatic heterocycles. The molecule has 2 heterocycles. The monoisotopic (exact) mass is 372 g/mol. The summed E-state index contributed by atoms with van der Waals surface area (Å²) in [7, 11) is 0. The van der Waals surface area contributed by atoms with Gasteiger partial charge in [-0.3, -0.25) is 4.79 Å². The van der Waals surface area contributed by atoms with Crippen molar-refractivity contribution in [3.05, 3.63) is 60.5 Å². The van der Waals surface area contributed by atoms with Crippen molar-refractivity contribution in [1.29, 1.82) is 0 Å². The van der Waals surface area contributed by atoms with Crippen molar-refractivity contribution in [3.63, 3.8) is 0 Å². The Bertz CT molecular complexity index is 857. The lowest BCUT2D eigenvalue weighted by atomic mass is 10.2. The van der Waals surface area contributed by atoms with Crippen LogP contribution in [0.25, 0.3) is 17.1 Å². The number of aromatic nitrogens is 2. The lowest BCUT2D eigenvalue weighted by Crippen LogP contribution is -2.39. The number of hydrogen-bond donors (Lipinski definition) is 2. The molecule has 1 atom stereocenters. The van der Waals surface area contributed by atoms with Gasteiger partial charge in [-0.05, 0) is 43.0 Å². The molecule has 1 aliphatic rings. The van der Waals surface area contributed by atoms with Gasteiger partial charge in [0.1, 0.15) is 11.4 Å². The maximum absolute atomic E-state index is 12.7. The fourth-order valence-corrected chi connectivity index (χ4v) is 2.85. The van der Waals surface area contributed by atoms with Crippen LogP contribution in [0.2, 0.25) is 0 Å². The highest BCUT2D eigenvalue weighted by Crippen LogP contribution is 2.31. The number of benzene rings is 1. The molecular formula is C19H21ClN4O2. The third-order valence-electron chi connectivity index (χ3n) is 4.44. The molecule has 0 bridgehead atoms. The number of para-hydroxylation sites is 1. The van der Waals surface area contributed by atoms with E-state index in [2.05, 4.69) is 10.4 Å². The van der Waals surface area contributed by atoms with Crippen LogP contribution in [0, 0.1) is 5.92 Å². The van der Waals surface area contributed by atoms with Crippen molar-refractivity contribution < 1.29 is 9.21 Å². The summed E-state index contributed by atoms with van der Waals surface area (Å²) in [5, 5.41) is 7.48. The lowest BCUT2D eigenvalue weighted by molar-refractivity contribution is 0.0942. The van der Waals surface area contributed by atoms with E-state index < -0.39 is 0 Å². The molecule has 1 fully saturated rings. The molecular weight excluding hydrogens is 352 g/mol. The SMILES string of the molecule is Cl.NC(CNC(=O)c1cc(-c2ccco2)nn1-c1ccccc1)C1CC1. The van der Waals surface area contributed by atoms with Crippen LogP contribution in [0.1, 0.15) is 23.3 Å². The molecule has 1 unspecified atom stereocenters. The summed E-state index contributed by atoms with van der Waals surface area (Å²) in [4.78, 5) is 12.7. The van der Waals surface area contributed by atoms with E-state index in [4.69, 9.17) is 10.2 Å². The van der Waals surface area contributed by atoms with Gasteiger partial charge in [-0.15, -0.1) is 12.4 Å². The first kappa shape index (κ1) is 18.2. The molecule has 0 radical (unpaired) electrons. The third-order valence-corrected chi connectivity index (χ3v) is 4.44. The number of nitrogens with one attached hydrogen (secondary N) is 1. The van der Waals surface area contributed by atoms with Crippen molar-refractivity contribution in [2.24, 2.45) is 11.7 Å². The zero-order valence-electron chi connectivity index (χ0n) is 14.2. The summed E-state index contributed by atoms with van der Waals surface area (Å²) < 4.78 is 7.05. The van der Waals surface area contributed by atoms with Gasteiger partial charge < -0.3 is 15.5 Å². The Kier molecular flexibility index (Phi) is 5.44. The van der Waals surface area contributed by atoms with E-state index in [1.807, 2.05) is 36.4 Å². The number of amides is 1. The second-order valence-corrected chi connectivity index (χ2v) is 6.35. The summed E-state index contributed by atoms with van der Waals surface area (Å²) in [5.41, 5.74) is 7.98. The van der Waals surface area contributed by atoms with Crippen molar-refractivity contribution in [2.45, 2.75) is 18.9 Å². The molecule has 7 heteroatoms. The highest BCUT2D eigenvalue weighted by atomic mass is 35.5. The van der Waals surface area contributed by atoms with Gasteiger partial charge in [0.2, 0.25) is 0 Å². The molecule has 0 aliphatic heterocycles. The first-order valence-electron chi connectivity index (χ1n) is 8.45. The Morgan fingerprint density at radius 3 is 2.69 bits per heavy atom. The molecule has 1 aliphatic carbocycles. The van der Waals surface area contributed by atoms with Gasteiger partial charge in [-0.2, -0.15) is 5.10 Å². The molecule has 0 spiro atoms. The Balaban J connectivity index is 0.00000196. The molecule has 26 heavy (non-hydrogen) atoms. The second kappa shape index (κ2) is 7.76. The summed E-state index contributed by atoms with van der Waals surface area (Å²) >= 11 is 0. The van der Waals surface area contributed by atoms with Crippen LogP contribution in [-0.4, -0.2) is 28.3 Å². The Hall–Kier alpha value is -2.57. The predicted molar refractivity (Wildman–Crippen MR) is 102 cm³/mol. The predicted octanol–water partition coefficient (Wildman–Crippen LogP) is 3.02. The van der Waals surface area contributed by atoms with Gasteiger partial charge in [0.15, 0.2) is 5.76 Å². The Morgan fingerprint density at radius 2 is 2.04 bits per heavy atom. The van der Waals surface area contributed by atoms with Gasteiger partial charge in [0, 0.05) is 18.7 Å². The first-order valence-corrected chi connectivity index (χ1v) is 8.45. The third kappa shape index (κ3) is 3.81. The largest absolute Gasteiger partial charge is 0.463 e. The molecule has 3 N–H and O–H groups in total. The minimum absolute atomic E-state index is 0. The first-order chi connectivity index (χ1) is 12.2. The average molecular weight is 373 g/mol. The number of carbonyl (C=O) groups excluding carboxylic acids is 1. The highest BCUT2D eigenvalue weighted by molar-refractivity contribution is 5.94. The molecule has 0 saturated heterocycles. The molecule has 1 aromatic carbocycles. The van der Waals surface area contributed by atoms with Crippen LogP contribution in [0.4, 0.5) is 0 Å². The molecule has 3 aromatic rings. The fourth-order valence-electron chi connectivity index (χ4n) is 2.85. The molecule has 1 amide bonds. The standard InChI is InChI=1S/C19H20N4O2.ClH/c20-15(13-8-9-13)12-21-19(24)17-11-16(18-7-4-10-25-18)22-23(17)14-5-2-1-3-6-14;/h1-7,10-11,13,15H,8-9,12,20H2,(H,21,24);1H. The van der Waals surface area contributed by atoms with E-state index in [0.29, 0.717) is 29.6 Å². The van der Waals surface area contributed by atoms with Crippen molar-refractivity contribution in [3.8, 4) is 17.1 Å². The number of rotatable bonds is 6. The number of nitrogens with two attached hydrogens (primary N) is 1. The number of furan rings is 1. The minimum atomic E-state index is -0.190. The Labute approximate surface area is 157 Å². The van der Waals surface area contributed by atoms with E-state index in [1.54, 1.807) is 23.1 Å². The van der Waals surface area contributed by atoms with Crippen LogP contribution >= 0.6 is 12.4 Å².